The normalized spacial score (nSPS) is 14.7. The number of hydrogen-bond acceptors (Lipinski definition) is 6. The van der Waals surface area contributed by atoms with Gasteiger partial charge in [0.15, 0.2) is 5.89 Å². The number of nitrogens with zero attached hydrogens (tertiary/aromatic N) is 2. The molecule has 0 saturated heterocycles. The van der Waals surface area contributed by atoms with Crippen LogP contribution in [0.2, 0.25) is 0 Å². The van der Waals surface area contributed by atoms with Crippen LogP contribution in [-0.2, 0) is 29.0 Å². The van der Waals surface area contributed by atoms with E-state index in [-0.39, 0.29) is 12.5 Å². The fraction of sp³-hybridized carbons (Fsp3) is 0.688. The van der Waals surface area contributed by atoms with Gasteiger partial charge in [0.2, 0.25) is 5.91 Å². The predicted molar refractivity (Wildman–Crippen MR) is 87.2 cm³/mol. The maximum absolute atomic E-state index is 11.9. The summed E-state index contributed by atoms with van der Waals surface area (Å²) in [5, 5.41) is 16.4. The minimum atomic E-state index is -0.844. The molecular weight excluding hydrogens is 314 g/mol. The van der Waals surface area contributed by atoms with Crippen molar-refractivity contribution in [3.63, 3.8) is 0 Å². The summed E-state index contributed by atoms with van der Waals surface area (Å²) in [4.78, 5) is 27.1. The Morgan fingerprint density at radius 2 is 2.04 bits per heavy atom. The SMILES string of the molecule is CC(=O)O.CC(C)CCc1nc2c(o1)CCN(C(=O)[C@@H](N)CO)C2. The van der Waals surface area contributed by atoms with Crippen molar-refractivity contribution < 1.29 is 24.2 Å². The average molecular weight is 341 g/mol. The van der Waals surface area contributed by atoms with Gasteiger partial charge in [0.1, 0.15) is 17.5 Å². The van der Waals surface area contributed by atoms with E-state index < -0.39 is 12.0 Å². The fourth-order valence-corrected chi connectivity index (χ4v) is 2.27. The quantitative estimate of drug-likeness (QED) is 0.713. The molecule has 0 aliphatic carbocycles. The highest BCUT2D eigenvalue weighted by Crippen LogP contribution is 2.21. The van der Waals surface area contributed by atoms with Gasteiger partial charge in [0.05, 0.1) is 13.2 Å². The van der Waals surface area contributed by atoms with Crippen LogP contribution in [0.1, 0.15) is 44.5 Å². The van der Waals surface area contributed by atoms with Crippen molar-refractivity contribution in [3.05, 3.63) is 17.3 Å². The molecule has 0 fully saturated rings. The lowest BCUT2D eigenvalue weighted by molar-refractivity contribution is -0.135. The number of carbonyl (C=O) groups excluding carboxylic acids is 1. The topological polar surface area (TPSA) is 130 Å². The molecule has 8 nitrogen and oxygen atoms in total. The molecule has 8 heteroatoms. The Morgan fingerprint density at radius 1 is 1.42 bits per heavy atom. The zero-order valence-electron chi connectivity index (χ0n) is 14.5. The van der Waals surface area contributed by atoms with Crippen molar-refractivity contribution >= 4 is 11.9 Å². The smallest absolute Gasteiger partial charge is 0.300 e. The van der Waals surface area contributed by atoms with Crippen LogP contribution < -0.4 is 5.73 Å². The van der Waals surface area contributed by atoms with Gasteiger partial charge >= 0.3 is 0 Å². The summed E-state index contributed by atoms with van der Waals surface area (Å²) in [6.45, 7) is 6.07. The number of carboxylic acid groups (broad SMARTS) is 1. The van der Waals surface area contributed by atoms with Gasteiger partial charge in [-0.2, -0.15) is 0 Å². The Labute approximate surface area is 141 Å². The Hall–Kier alpha value is -1.93. The second-order valence-corrected chi connectivity index (χ2v) is 6.23. The molecule has 1 amide bonds. The zero-order valence-corrected chi connectivity index (χ0v) is 14.5. The standard InChI is InChI=1S/C14H23N3O3.C2H4O2/c1-9(2)3-4-13-16-11-7-17(6-5-12(11)20-13)14(19)10(15)8-18;1-2(3)4/h9-10,18H,3-8,15H2,1-2H3;1H3,(H,3,4)/t10-;/m0./s1. The van der Waals surface area contributed by atoms with Gasteiger partial charge in [-0.05, 0) is 12.3 Å². The number of fused-ring (bicyclic) bond motifs is 1. The van der Waals surface area contributed by atoms with Crippen LogP contribution in [-0.4, -0.2) is 51.2 Å². The number of nitrogens with two attached hydrogens (primary N) is 1. The number of aliphatic hydroxyl groups is 1. The summed E-state index contributed by atoms with van der Waals surface area (Å²) in [5.41, 5.74) is 6.40. The summed E-state index contributed by atoms with van der Waals surface area (Å²) < 4.78 is 5.74. The maximum atomic E-state index is 11.9. The lowest BCUT2D eigenvalue weighted by Crippen LogP contribution is -2.47. The van der Waals surface area contributed by atoms with Gasteiger partial charge in [-0.1, -0.05) is 13.8 Å². The lowest BCUT2D eigenvalue weighted by atomic mass is 10.1. The van der Waals surface area contributed by atoms with Gasteiger partial charge < -0.3 is 25.3 Å². The van der Waals surface area contributed by atoms with Crippen LogP contribution in [0.15, 0.2) is 4.42 Å². The van der Waals surface area contributed by atoms with Gasteiger partial charge in [-0.25, -0.2) is 4.98 Å². The first-order valence-electron chi connectivity index (χ1n) is 8.06. The molecule has 0 radical (unpaired) electrons. The van der Waals surface area contributed by atoms with Crippen molar-refractivity contribution in [2.45, 2.75) is 52.6 Å². The van der Waals surface area contributed by atoms with E-state index in [0.717, 1.165) is 37.1 Å². The van der Waals surface area contributed by atoms with Crippen molar-refractivity contribution in [2.75, 3.05) is 13.2 Å². The number of aliphatic carboxylic acids is 1. The molecule has 2 heterocycles. The second kappa shape index (κ2) is 9.39. The minimum absolute atomic E-state index is 0.232. The molecule has 1 aliphatic rings. The van der Waals surface area contributed by atoms with Gasteiger partial charge in [-0.3, -0.25) is 9.59 Å². The molecule has 1 aromatic heterocycles. The van der Waals surface area contributed by atoms with E-state index in [0.29, 0.717) is 25.4 Å². The average Bonchev–Trinajstić information content (AvgIpc) is 2.92. The summed E-state index contributed by atoms with van der Waals surface area (Å²) in [6, 6.07) is -0.844. The highest BCUT2D eigenvalue weighted by Gasteiger charge is 2.27. The van der Waals surface area contributed by atoms with Crippen molar-refractivity contribution in [2.24, 2.45) is 11.7 Å². The molecule has 136 valence electrons. The number of aromatic nitrogens is 1. The minimum Gasteiger partial charge on any atom is -0.481 e. The van der Waals surface area contributed by atoms with E-state index in [1.54, 1.807) is 4.90 Å². The molecule has 0 saturated carbocycles. The summed E-state index contributed by atoms with van der Waals surface area (Å²) in [7, 11) is 0. The van der Waals surface area contributed by atoms with E-state index in [4.69, 9.17) is 25.2 Å². The largest absolute Gasteiger partial charge is 0.481 e. The molecule has 4 N–H and O–H groups in total. The van der Waals surface area contributed by atoms with Gasteiger partial charge in [0, 0.05) is 26.3 Å². The van der Waals surface area contributed by atoms with E-state index in [1.165, 1.54) is 0 Å². The van der Waals surface area contributed by atoms with Crippen LogP contribution in [0, 0.1) is 5.92 Å². The van der Waals surface area contributed by atoms with Crippen LogP contribution >= 0.6 is 0 Å². The predicted octanol–water partition coefficient (Wildman–Crippen LogP) is 0.558. The Morgan fingerprint density at radius 3 is 2.58 bits per heavy atom. The van der Waals surface area contributed by atoms with Crippen molar-refractivity contribution in [1.82, 2.24) is 9.88 Å². The number of hydrogen-bond donors (Lipinski definition) is 3. The zero-order chi connectivity index (χ0) is 18.3. The maximum Gasteiger partial charge on any atom is 0.300 e. The number of carbonyl (C=O) groups is 2. The first-order chi connectivity index (χ1) is 11.2. The van der Waals surface area contributed by atoms with Gasteiger partial charge in [-0.15, -0.1) is 0 Å². The first kappa shape index (κ1) is 20.1. The molecule has 1 aromatic rings. The molecule has 0 spiro atoms. The van der Waals surface area contributed by atoms with Crippen LogP contribution in [0.4, 0.5) is 0 Å². The Balaban J connectivity index is 0.000000648. The van der Waals surface area contributed by atoms with Crippen LogP contribution in [0.5, 0.6) is 0 Å². The summed E-state index contributed by atoms with van der Waals surface area (Å²) >= 11 is 0. The van der Waals surface area contributed by atoms with E-state index in [9.17, 15) is 4.79 Å². The highest BCUT2D eigenvalue weighted by molar-refractivity contribution is 5.81. The highest BCUT2D eigenvalue weighted by atomic mass is 16.4. The van der Waals surface area contributed by atoms with Crippen LogP contribution in [0.3, 0.4) is 0 Å². The number of oxazole rings is 1. The third-order valence-electron chi connectivity index (χ3n) is 3.53. The number of rotatable bonds is 5. The van der Waals surface area contributed by atoms with Crippen molar-refractivity contribution in [1.29, 1.82) is 0 Å². The summed E-state index contributed by atoms with van der Waals surface area (Å²) in [6.07, 6.45) is 2.53. The third kappa shape index (κ3) is 6.29. The molecular formula is C16H27N3O5. The molecule has 24 heavy (non-hydrogen) atoms. The molecule has 1 atom stereocenters. The van der Waals surface area contributed by atoms with Gasteiger partial charge in [0.25, 0.3) is 5.97 Å². The molecule has 0 aromatic carbocycles. The number of amides is 1. The fourth-order valence-electron chi connectivity index (χ4n) is 2.27. The number of aryl methyl sites for hydroxylation is 1. The van der Waals surface area contributed by atoms with Crippen LogP contribution in [0.25, 0.3) is 0 Å². The molecule has 1 aliphatic heterocycles. The first-order valence-corrected chi connectivity index (χ1v) is 8.06. The number of carboxylic acids is 1. The van der Waals surface area contributed by atoms with E-state index in [1.807, 2.05) is 0 Å². The summed E-state index contributed by atoms with van der Waals surface area (Å²) in [5.74, 6) is 1.18. The Kier molecular flexibility index (Phi) is 7.87. The van der Waals surface area contributed by atoms with E-state index in [2.05, 4.69) is 18.8 Å². The third-order valence-corrected chi connectivity index (χ3v) is 3.53. The van der Waals surface area contributed by atoms with E-state index >= 15 is 0 Å². The molecule has 0 bridgehead atoms. The molecule has 2 rings (SSSR count). The second-order valence-electron chi connectivity index (χ2n) is 6.23. The lowest BCUT2D eigenvalue weighted by Gasteiger charge is -2.27. The Bertz CT molecular complexity index is 552. The molecule has 0 unspecified atom stereocenters. The number of aliphatic hydroxyl groups excluding tert-OH is 1. The monoisotopic (exact) mass is 341 g/mol. The van der Waals surface area contributed by atoms with Crippen molar-refractivity contribution in [3.8, 4) is 0 Å².